The van der Waals surface area contributed by atoms with Gasteiger partial charge in [-0.25, -0.2) is 8.78 Å². The second-order valence-corrected chi connectivity index (χ2v) is 4.03. The van der Waals surface area contributed by atoms with Crippen LogP contribution in [0.15, 0.2) is 12.1 Å². The summed E-state index contributed by atoms with van der Waals surface area (Å²) in [5.74, 6) is -4.31. The van der Waals surface area contributed by atoms with Crippen molar-refractivity contribution in [2.45, 2.75) is 13.8 Å². The summed E-state index contributed by atoms with van der Waals surface area (Å²) < 4.78 is 26.3. The number of halogens is 2. The summed E-state index contributed by atoms with van der Waals surface area (Å²) in [5, 5.41) is 10.9. The Morgan fingerprint density at radius 3 is 2.50 bits per heavy atom. The molecule has 0 radical (unpaired) electrons. The van der Waals surface area contributed by atoms with Crippen LogP contribution in [0.2, 0.25) is 0 Å². The highest BCUT2D eigenvalue weighted by Crippen LogP contribution is 2.14. The largest absolute Gasteiger partial charge is 0.481 e. The van der Waals surface area contributed by atoms with E-state index in [1.807, 2.05) is 0 Å². The Bertz CT molecular complexity index is 488. The molecule has 0 saturated heterocycles. The van der Waals surface area contributed by atoms with Crippen LogP contribution in [0.3, 0.4) is 0 Å². The van der Waals surface area contributed by atoms with Gasteiger partial charge in [0.15, 0.2) is 0 Å². The summed E-state index contributed by atoms with van der Waals surface area (Å²) in [6.45, 7) is 2.70. The molecule has 1 aromatic rings. The lowest BCUT2D eigenvalue weighted by atomic mass is 10.1. The lowest BCUT2D eigenvalue weighted by Crippen LogP contribution is -2.32. The summed E-state index contributed by atoms with van der Waals surface area (Å²) >= 11 is 0. The molecule has 0 saturated carbocycles. The molecule has 1 aromatic carbocycles. The van der Waals surface area contributed by atoms with Gasteiger partial charge in [-0.1, -0.05) is 6.92 Å². The molecule has 0 bridgehead atoms. The van der Waals surface area contributed by atoms with Crippen molar-refractivity contribution in [1.29, 1.82) is 0 Å². The Hall–Kier alpha value is -1.98. The van der Waals surface area contributed by atoms with Crippen molar-refractivity contribution in [3.63, 3.8) is 0 Å². The number of aryl methyl sites for hydroxylation is 1. The lowest BCUT2D eigenvalue weighted by molar-refractivity contribution is -0.140. The first-order valence-electron chi connectivity index (χ1n) is 5.29. The predicted molar refractivity (Wildman–Crippen MR) is 60.2 cm³/mol. The number of nitrogens with one attached hydrogen (secondary N) is 1. The van der Waals surface area contributed by atoms with Crippen LogP contribution < -0.4 is 5.32 Å². The molecule has 4 nitrogen and oxygen atoms in total. The second-order valence-electron chi connectivity index (χ2n) is 4.03. The zero-order valence-corrected chi connectivity index (χ0v) is 9.96. The minimum absolute atomic E-state index is 0.121. The van der Waals surface area contributed by atoms with E-state index in [1.54, 1.807) is 0 Å². The Morgan fingerprint density at radius 2 is 1.94 bits per heavy atom. The third-order valence-corrected chi connectivity index (χ3v) is 2.48. The van der Waals surface area contributed by atoms with Crippen LogP contribution in [0.1, 0.15) is 22.8 Å². The van der Waals surface area contributed by atoms with Crippen molar-refractivity contribution in [3.05, 3.63) is 34.9 Å². The molecule has 0 aliphatic carbocycles. The molecule has 0 heterocycles. The van der Waals surface area contributed by atoms with Gasteiger partial charge in [-0.15, -0.1) is 0 Å². The maximum atomic E-state index is 13.3. The van der Waals surface area contributed by atoms with Gasteiger partial charge >= 0.3 is 5.97 Å². The van der Waals surface area contributed by atoms with Gasteiger partial charge in [-0.05, 0) is 18.6 Å². The molecular formula is C12H13F2NO3. The van der Waals surface area contributed by atoms with Crippen molar-refractivity contribution in [2.24, 2.45) is 5.92 Å². The maximum Gasteiger partial charge on any atom is 0.308 e. The molecule has 2 N–H and O–H groups in total. The minimum atomic E-state index is -1.06. The number of rotatable bonds is 4. The minimum Gasteiger partial charge on any atom is -0.481 e. The van der Waals surface area contributed by atoms with Crippen molar-refractivity contribution in [3.8, 4) is 0 Å². The number of carbonyl (C=O) groups is 2. The highest BCUT2D eigenvalue weighted by Gasteiger charge is 2.17. The Morgan fingerprint density at radius 1 is 1.33 bits per heavy atom. The monoisotopic (exact) mass is 257 g/mol. The summed E-state index contributed by atoms with van der Waals surface area (Å²) in [4.78, 5) is 22.1. The molecule has 1 atom stereocenters. The Kier molecular flexibility index (Phi) is 4.36. The Labute approximate surface area is 103 Å². The summed E-state index contributed by atoms with van der Waals surface area (Å²) in [7, 11) is 0. The SMILES string of the molecule is Cc1cc(C(=O)NCC(C)C(=O)O)c(F)cc1F. The van der Waals surface area contributed by atoms with Gasteiger partial charge < -0.3 is 10.4 Å². The summed E-state index contributed by atoms with van der Waals surface area (Å²) in [5.41, 5.74) is -0.153. The zero-order chi connectivity index (χ0) is 13.9. The van der Waals surface area contributed by atoms with Crippen LogP contribution in [0.25, 0.3) is 0 Å². The fraction of sp³-hybridized carbons (Fsp3) is 0.333. The molecule has 0 aliphatic heterocycles. The van der Waals surface area contributed by atoms with Crippen LogP contribution in [-0.2, 0) is 4.79 Å². The first kappa shape index (κ1) is 14.1. The van der Waals surface area contributed by atoms with Gasteiger partial charge in [-0.3, -0.25) is 9.59 Å². The molecule has 1 amide bonds. The first-order chi connectivity index (χ1) is 8.32. The molecule has 0 fully saturated rings. The topological polar surface area (TPSA) is 66.4 Å². The highest BCUT2D eigenvalue weighted by atomic mass is 19.1. The van der Waals surface area contributed by atoms with E-state index in [1.165, 1.54) is 13.8 Å². The smallest absolute Gasteiger partial charge is 0.308 e. The number of aliphatic carboxylic acids is 1. The number of benzene rings is 1. The molecule has 1 unspecified atom stereocenters. The van der Waals surface area contributed by atoms with E-state index in [2.05, 4.69) is 5.32 Å². The molecule has 0 spiro atoms. The van der Waals surface area contributed by atoms with Gasteiger partial charge in [0.1, 0.15) is 11.6 Å². The third-order valence-electron chi connectivity index (χ3n) is 2.48. The molecule has 0 aliphatic rings. The molecule has 6 heteroatoms. The van der Waals surface area contributed by atoms with Crippen molar-refractivity contribution in [2.75, 3.05) is 6.54 Å². The van der Waals surface area contributed by atoms with Crippen molar-refractivity contribution < 1.29 is 23.5 Å². The number of carboxylic acid groups (broad SMARTS) is 1. The van der Waals surface area contributed by atoms with Crippen molar-refractivity contribution in [1.82, 2.24) is 5.32 Å². The molecule has 18 heavy (non-hydrogen) atoms. The van der Waals surface area contributed by atoms with E-state index < -0.39 is 29.4 Å². The number of hydrogen-bond donors (Lipinski definition) is 2. The van der Waals surface area contributed by atoms with Crippen LogP contribution >= 0.6 is 0 Å². The van der Waals surface area contributed by atoms with Crippen LogP contribution in [-0.4, -0.2) is 23.5 Å². The standard InChI is InChI=1S/C12H13F2NO3/c1-6-3-8(10(14)4-9(6)13)11(16)15-5-7(2)12(17)18/h3-4,7H,5H2,1-2H3,(H,15,16)(H,17,18). The normalized spacial score (nSPS) is 12.0. The van der Waals surface area contributed by atoms with E-state index in [4.69, 9.17) is 5.11 Å². The molecule has 1 rings (SSSR count). The Balaban J connectivity index is 2.79. The summed E-state index contributed by atoms with van der Waals surface area (Å²) in [6, 6.07) is 1.72. The summed E-state index contributed by atoms with van der Waals surface area (Å²) in [6.07, 6.45) is 0. The average molecular weight is 257 g/mol. The molecule has 0 aromatic heterocycles. The number of carboxylic acids is 1. The van der Waals surface area contributed by atoms with Crippen LogP contribution in [0.4, 0.5) is 8.78 Å². The lowest BCUT2D eigenvalue weighted by Gasteiger charge is -2.09. The third kappa shape index (κ3) is 3.26. The van der Waals surface area contributed by atoms with E-state index in [9.17, 15) is 18.4 Å². The zero-order valence-electron chi connectivity index (χ0n) is 9.96. The van der Waals surface area contributed by atoms with E-state index in [0.717, 1.165) is 6.07 Å². The van der Waals surface area contributed by atoms with Crippen molar-refractivity contribution >= 4 is 11.9 Å². The fourth-order valence-corrected chi connectivity index (χ4v) is 1.26. The maximum absolute atomic E-state index is 13.3. The first-order valence-corrected chi connectivity index (χ1v) is 5.29. The second kappa shape index (κ2) is 5.57. The van der Waals surface area contributed by atoms with Gasteiger partial charge in [0.25, 0.3) is 5.91 Å². The van der Waals surface area contributed by atoms with Gasteiger partial charge in [0.2, 0.25) is 0 Å². The van der Waals surface area contributed by atoms with E-state index >= 15 is 0 Å². The number of amides is 1. The van der Waals surface area contributed by atoms with E-state index in [0.29, 0.717) is 6.07 Å². The molecule has 98 valence electrons. The van der Waals surface area contributed by atoms with Crippen LogP contribution in [0.5, 0.6) is 0 Å². The van der Waals surface area contributed by atoms with Gasteiger partial charge in [-0.2, -0.15) is 0 Å². The number of carbonyl (C=O) groups excluding carboxylic acids is 1. The highest BCUT2D eigenvalue weighted by molar-refractivity contribution is 5.94. The predicted octanol–water partition coefficient (Wildman–Crippen LogP) is 1.72. The fourth-order valence-electron chi connectivity index (χ4n) is 1.26. The average Bonchev–Trinajstić information content (AvgIpc) is 2.30. The van der Waals surface area contributed by atoms with Crippen LogP contribution in [0, 0.1) is 24.5 Å². The number of hydrogen-bond acceptors (Lipinski definition) is 2. The molecular weight excluding hydrogens is 244 g/mol. The van der Waals surface area contributed by atoms with E-state index in [-0.39, 0.29) is 17.7 Å². The van der Waals surface area contributed by atoms with Gasteiger partial charge in [0.05, 0.1) is 11.5 Å². The quantitative estimate of drug-likeness (QED) is 0.863. The van der Waals surface area contributed by atoms with Gasteiger partial charge in [0, 0.05) is 12.6 Å².